The second-order valence-corrected chi connectivity index (χ2v) is 5.56. The van der Waals surface area contributed by atoms with Crippen molar-refractivity contribution in [2.75, 3.05) is 12.3 Å². The summed E-state index contributed by atoms with van der Waals surface area (Å²) in [5, 5.41) is 10.4. The van der Waals surface area contributed by atoms with Crippen molar-refractivity contribution in [1.29, 1.82) is 0 Å². The number of hydrogen-bond acceptors (Lipinski definition) is 5. The highest BCUT2D eigenvalue weighted by Crippen LogP contribution is 2.26. The van der Waals surface area contributed by atoms with E-state index >= 15 is 0 Å². The molecule has 0 saturated carbocycles. The van der Waals surface area contributed by atoms with E-state index in [1.54, 1.807) is 17.6 Å². The van der Waals surface area contributed by atoms with Crippen LogP contribution in [-0.2, 0) is 11.3 Å². The van der Waals surface area contributed by atoms with Crippen molar-refractivity contribution < 1.29 is 22.4 Å². The Morgan fingerprint density at radius 3 is 2.74 bits per heavy atom. The topological polar surface area (TPSA) is 73.0 Å². The van der Waals surface area contributed by atoms with Crippen molar-refractivity contribution in [2.45, 2.75) is 31.7 Å². The van der Waals surface area contributed by atoms with Gasteiger partial charge in [-0.25, -0.2) is 0 Å². The van der Waals surface area contributed by atoms with Crippen LogP contribution in [0.2, 0.25) is 0 Å². The molecule has 2 aromatic heterocycles. The van der Waals surface area contributed by atoms with Crippen LogP contribution in [0, 0.1) is 6.92 Å². The second kappa shape index (κ2) is 7.07. The fourth-order valence-electron chi connectivity index (χ4n) is 1.88. The average molecular weight is 348 g/mol. The molecule has 0 radical (unpaired) electrons. The number of rotatable bonds is 6. The Morgan fingerprint density at radius 1 is 1.43 bits per heavy atom. The van der Waals surface area contributed by atoms with E-state index in [1.165, 1.54) is 6.26 Å². The van der Waals surface area contributed by atoms with Gasteiger partial charge in [0, 0.05) is 6.54 Å². The predicted octanol–water partition coefficient (Wildman–Crippen LogP) is 2.64. The van der Waals surface area contributed by atoms with Crippen molar-refractivity contribution in [3.63, 3.8) is 0 Å². The second-order valence-electron chi connectivity index (χ2n) is 4.62. The minimum Gasteiger partial charge on any atom is -0.469 e. The van der Waals surface area contributed by atoms with Crippen molar-refractivity contribution >= 4 is 17.7 Å². The number of hydrogen-bond donors (Lipinski definition) is 1. The molecule has 10 heteroatoms. The van der Waals surface area contributed by atoms with Crippen molar-refractivity contribution in [1.82, 2.24) is 20.1 Å². The van der Waals surface area contributed by atoms with E-state index in [4.69, 9.17) is 4.42 Å². The van der Waals surface area contributed by atoms with Crippen LogP contribution < -0.4 is 5.32 Å². The number of amides is 1. The smallest absolute Gasteiger partial charge is 0.405 e. The first kappa shape index (κ1) is 17.4. The van der Waals surface area contributed by atoms with Crippen molar-refractivity contribution in [3.05, 3.63) is 18.1 Å². The Morgan fingerprint density at radius 2 is 2.17 bits per heavy atom. The van der Waals surface area contributed by atoms with Crippen LogP contribution in [0.15, 0.2) is 21.9 Å². The monoisotopic (exact) mass is 348 g/mol. The van der Waals surface area contributed by atoms with E-state index in [1.807, 2.05) is 12.2 Å². The van der Waals surface area contributed by atoms with Gasteiger partial charge in [0.2, 0.25) is 5.91 Å². The normalized spacial score (nSPS) is 11.7. The highest BCUT2D eigenvalue weighted by atomic mass is 32.2. The highest BCUT2D eigenvalue weighted by molar-refractivity contribution is 7.99. The maximum Gasteiger partial charge on any atom is 0.405 e. The maximum atomic E-state index is 12.0. The quantitative estimate of drug-likeness (QED) is 0.813. The number of carbonyl (C=O) groups is 1. The highest BCUT2D eigenvalue weighted by Gasteiger charge is 2.27. The summed E-state index contributed by atoms with van der Waals surface area (Å²) in [5.74, 6) is 0.404. The van der Waals surface area contributed by atoms with Gasteiger partial charge in [-0.1, -0.05) is 11.8 Å². The molecule has 0 spiro atoms. The summed E-state index contributed by atoms with van der Waals surface area (Å²) in [4.78, 5) is 11.4. The van der Waals surface area contributed by atoms with Gasteiger partial charge in [0.1, 0.15) is 12.3 Å². The standard InChI is InChI=1S/C13H15F3N4O2S/c1-3-20-11(9-4-5-22-8(9)2)18-19-12(20)23-6-10(21)17-7-13(14,15)16/h4-5H,3,6-7H2,1-2H3,(H,17,21). The van der Waals surface area contributed by atoms with E-state index in [0.717, 1.165) is 17.3 Å². The minimum atomic E-state index is -4.42. The zero-order chi connectivity index (χ0) is 17.0. The van der Waals surface area contributed by atoms with E-state index in [0.29, 0.717) is 23.3 Å². The van der Waals surface area contributed by atoms with E-state index < -0.39 is 18.6 Å². The third-order valence-electron chi connectivity index (χ3n) is 2.95. The molecule has 1 amide bonds. The molecule has 1 N–H and O–H groups in total. The number of alkyl halides is 3. The largest absolute Gasteiger partial charge is 0.469 e. The lowest BCUT2D eigenvalue weighted by molar-refractivity contribution is -0.136. The number of halogens is 3. The van der Waals surface area contributed by atoms with Crippen molar-refractivity contribution in [2.24, 2.45) is 0 Å². The average Bonchev–Trinajstić information content (AvgIpc) is 3.07. The summed E-state index contributed by atoms with van der Waals surface area (Å²) in [6.07, 6.45) is -2.88. The van der Waals surface area contributed by atoms with E-state index in [-0.39, 0.29) is 5.75 Å². The Bertz CT molecular complexity index is 681. The van der Waals surface area contributed by atoms with Gasteiger partial charge in [0.25, 0.3) is 0 Å². The Balaban J connectivity index is 2.03. The molecule has 0 bridgehead atoms. The van der Waals surface area contributed by atoms with Gasteiger partial charge < -0.3 is 14.3 Å². The van der Waals surface area contributed by atoms with Crippen LogP contribution in [0.1, 0.15) is 12.7 Å². The Hall–Kier alpha value is -1.97. The van der Waals surface area contributed by atoms with Crippen LogP contribution >= 0.6 is 11.8 Å². The summed E-state index contributed by atoms with van der Waals surface area (Å²) < 4.78 is 43.1. The fourth-order valence-corrected chi connectivity index (χ4v) is 2.71. The zero-order valence-corrected chi connectivity index (χ0v) is 13.3. The third-order valence-corrected chi connectivity index (χ3v) is 3.92. The number of nitrogens with one attached hydrogen (secondary N) is 1. The summed E-state index contributed by atoms with van der Waals surface area (Å²) in [6, 6.07) is 1.76. The van der Waals surface area contributed by atoms with Crippen LogP contribution in [0.25, 0.3) is 11.4 Å². The van der Waals surface area contributed by atoms with E-state index in [2.05, 4.69) is 10.2 Å². The molecule has 0 aliphatic carbocycles. The molecule has 0 unspecified atom stereocenters. The number of aryl methyl sites for hydroxylation is 1. The lowest BCUT2D eigenvalue weighted by Crippen LogP contribution is -2.34. The molecule has 0 saturated heterocycles. The zero-order valence-electron chi connectivity index (χ0n) is 12.5. The Labute approximate surface area is 134 Å². The first-order valence-electron chi connectivity index (χ1n) is 6.75. The van der Waals surface area contributed by atoms with Crippen LogP contribution in [-0.4, -0.2) is 39.1 Å². The molecular weight excluding hydrogens is 333 g/mol. The van der Waals surface area contributed by atoms with Crippen LogP contribution in [0.4, 0.5) is 13.2 Å². The first-order valence-corrected chi connectivity index (χ1v) is 7.74. The molecule has 2 heterocycles. The molecule has 2 aromatic rings. The molecule has 23 heavy (non-hydrogen) atoms. The lowest BCUT2D eigenvalue weighted by Gasteiger charge is -2.09. The fraction of sp³-hybridized carbons (Fsp3) is 0.462. The number of thioether (sulfide) groups is 1. The van der Waals surface area contributed by atoms with Crippen molar-refractivity contribution in [3.8, 4) is 11.4 Å². The van der Waals surface area contributed by atoms with Gasteiger partial charge in [-0.15, -0.1) is 10.2 Å². The summed E-state index contributed by atoms with van der Waals surface area (Å²) in [7, 11) is 0. The molecule has 2 rings (SSSR count). The van der Waals surface area contributed by atoms with Crippen LogP contribution in [0.5, 0.6) is 0 Å². The lowest BCUT2D eigenvalue weighted by atomic mass is 10.2. The third kappa shape index (κ3) is 4.50. The molecule has 126 valence electrons. The van der Waals surface area contributed by atoms with Crippen LogP contribution in [0.3, 0.4) is 0 Å². The Kier molecular flexibility index (Phi) is 5.34. The molecule has 0 aliphatic rings. The van der Waals surface area contributed by atoms with Gasteiger partial charge in [-0.05, 0) is 19.9 Å². The number of aromatic nitrogens is 3. The molecule has 6 nitrogen and oxygen atoms in total. The number of carbonyl (C=O) groups excluding carboxylic acids is 1. The van der Waals surface area contributed by atoms with Gasteiger partial charge in [0.05, 0.1) is 17.6 Å². The van der Waals surface area contributed by atoms with Gasteiger partial charge >= 0.3 is 6.18 Å². The molecule has 0 aliphatic heterocycles. The van der Waals surface area contributed by atoms with Gasteiger partial charge in [-0.3, -0.25) is 4.79 Å². The minimum absolute atomic E-state index is 0.168. The molecular formula is C13H15F3N4O2S. The maximum absolute atomic E-state index is 12.0. The molecule has 0 fully saturated rings. The number of nitrogens with zero attached hydrogens (tertiary/aromatic N) is 3. The molecule has 0 atom stereocenters. The molecule has 0 aromatic carbocycles. The first-order chi connectivity index (χ1) is 10.8. The summed E-state index contributed by atoms with van der Waals surface area (Å²) in [6.45, 7) is 2.89. The SMILES string of the molecule is CCn1c(SCC(=O)NCC(F)(F)F)nnc1-c1ccoc1C. The van der Waals surface area contributed by atoms with E-state index in [9.17, 15) is 18.0 Å². The summed E-state index contributed by atoms with van der Waals surface area (Å²) in [5.41, 5.74) is 0.785. The number of furan rings is 1. The van der Waals surface area contributed by atoms with Gasteiger partial charge in [-0.2, -0.15) is 13.2 Å². The predicted molar refractivity (Wildman–Crippen MR) is 77.9 cm³/mol. The van der Waals surface area contributed by atoms with Gasteiger partial charge in [0.15, 0.2) is 11.0 Å². The summed E-state index contributed by atoms with van der Waals surface area (Å²) >= 11 is 1.03.